The number of carbonyl (C=O) groups excluding carboxylic acids is 3. The topological polar surface area (TPSA) is 87.2 Å². The summed E-state index contributed by atoms with van der Waals surface area (Å²) in [6, 6.07) is 8.38. The Kier molecular flexibility index (Phi) is 10.2. The van der Waals surface area contributed by atoms with E-state index in [1.807, 2.05) is 50.3 Å². The van der Waals surface area contributed by atoms with Gasteiger partial charge in [0.05, 0.1) is 35.8 Å². The highest BCUT2D eigenvalue weighted by molar-refractivity contribution is 9.09. The SMILES string of the molecule is C=CCCCCOC(=O)[C@H]1[C@@H]2SC3(CC2Br)C(C(=O)N(CC=C)Cc2ccccc2)N([C@@H](CO)C(C)C)C(=O)[C@H]13. The number of rotatable bonds is 14. The average Bonchev–Trinajstić information content (AvgIpc) is 3.52. The average molecular weight is 634 g/mol. The minimum absolute atomic E-state index is 0.0382. The van der Waals surface area contributed by atoms with Gasteiger partial charge in [-0.15, -0.1) is 24.9 Å². The molecule has 40 heavy (non-hydrogen) atoms. The zero-order valence-electron chi connectivity index (χ0n) is 23.4. The van der Waals surface area contributed by atoms with E-state index in [1.54, 1.807) is 27.6 Å². The van der Waals surface area contributed by atoms with Gasteiger partial charge in [-0.3, -0.25) is 14.4 Å². The van der Waals surface area contributed by atoms with Crippen molar-refractivity contribution in [3.05, 3.63) is 61.2 Å². The molecule has 3 aliphatic heterocycles. The maximum absolute atomic E-state index is 14.6. The van der Waals surface area contributed by atoms with E-state index in [4.69, 9.17) is 4.74 Å². The number of hydrogen-bond donors (Lipinski definition) is 1. The second-order valence-corrected chi connectivity index (χ2v) is 14.1. The van der Waals surface area contributed by atoms with Crippen LogP contribution in [0.3, 0.4) is 0 Å². The Labute approximate surface area is 250 Å². The number of carbonyl (C=O) groups is 3. The van der Waals surface area contributed by atoms with Gasteiger partial charge in [-0.1, -0.05) is 72.3 Å². The van der Waals surface area contributed by atoms with E-state index in [1.165, 1.54) is 0 Å². The molecule has 218 valence electrons. The zero-order valence-corrected chi connectivity index (χ0v) is 25.8. The normalized spacial score (nSPS) is 29.4. The fourth-order valence-electron chi connectivity index (χ4n) is 6.62. The molecule has 7 atom stereocenters. The molecule has 1 aromatic carbocycles. The van der Waals surface area contributed by atoms with Crippen molar-refractivity contribution in [3.8, 4) is 0 Å². The van der Waals surface area contributed by atoms with Crippen molar-refractivity contribution in [1.29, 1.82) is 0 Å². The molecule has 9 heteroatoms. The Morgan fingerprint density at radius 1 is 1.25 bits per heavy atom. The third kappa shape index (κ3) is 5.66. The first kappa shape index (κ1) is 30.8. The van der Waals surface area contributed by atoms with Crippen LogP contribution >= 0.6 is 27.7 Å². The van der Waals surface area contributed by atoms with Crippen molar-refractivity contribution < 1.29 is 24.2 Å². The van der Waals surface area contributed by atoms with E-state index in [-0.39, 0.29) is 40.4 Å². The number of thioether (sulfide) groups is 1. The zero-order chi connectivity index (χ0) is 29.0. The smallest absolute Gasteiger partial charge is 0.310 e. The van der Waals surface area contributed by atoms with E-state index in [0.29, 0.717) is 26.1 Å². The molecule has 3 fully saturated rings. The molecule has 1 spiro atoms. The summed E-state index contributed by atoms with van der Waals surface area (Å²) in [7, 11) is 0. The molecule has 0 aromatic heterocycles. The first-order valence-electron chi connectivity index (χ1n) is 14.2. The van der Waals surface area contributed by atoms with Crippen molar-refractivity contribution >= 4 is 45.5 Å². The Balaban J connectivity index is 1.71. The van der Waals surface area contributed by atoms with Gasteiger partial charge in [0.1, 0.15) is 6.04 Å². The molecule has 3 heterocycles. The number of aliphatic hydroxyl groups is 1. The van der Waals surface area contributed by atoms with Crippen molar-refractivity contribution in [2.45, 2.75) is 73.0 Å². The number of allylic oxidation sites excluding steroid dienone is 1. The molecular formula is C31H41BrN2O5S. The van der Waals surface area contributed by atoms with Gasteiger partial charge >= 0.3 is 5.97 Å². The quantitative estimate of drug-likeness (QED) is 0.140. The Hall–Kier alpha value is -2.10. The number of amides is 2. The molecular weight excluding hydrogens is 592 g/mol. The number of halogens is 1. The number of likely N-dealkylation sites (tertiary alicyclic amines) is 1. The van der Waals surface area contributed by atoms with Gasteiger partial charge in [0.15, 0.2) is 0 Å². The number of alkyl halides is 1. The summed E-state index contributed by atoms with van der Waals surface area (Å²) in [5.74, 6) is -2.19. The highest BCUT2D eigenvalue weighted by Gasteiger charge is 2.76. The van der Waals surface area contributed by atoms with E-state index >= 15 is 0 Å². The maximum Gasteiger partial charge on any atom is 0.310 e. The number of nitrogens with zero attached hydrogens (tertiary/aromatic N) is 2. The second kappa shape index (κ2) is 13.3. The minimum atomic E-state index is -0.811. The van der Waals surface area contributed by atoms with Crippen LogP contribution in [-0.2, 0) is 25.7 Å². The lowest BCUT2D eigenvalue weighted by Crippen LogP contribution is -2.58. The summed E-state index contributed by atoms with van der Waals surface area (Å²) in [5, 5.41) is 10.3. The van der Waals surface area contributed by atoms with Crippen LogP contribution in [0.1, 0.15) is 45.1 Å². The summed E-state index contributed by atoms with van der Waals surface area (Å²) in [4.78, 5) is 45.8. The highest BCUT2D eigenvalue weighted by atomic mass is 79.9. The molecule has 0 radical (unpaired) electrons. The van der Waals surface area contributed by atoms with Crippen LogP contribution in [0.5, 0.6) is 0 Å². The van der Waals surface area contributed by atoms with Crippen molar-refractivity contribution in [3.63, 3.8) is 0 Å². The molecule has 3 unspecified atom stereocenters. The van der Waals surface area contributed by atoms with E-state index in [9.17, 15) is 19.5 Å². The van der Waals surface area contributed by atoms with Gasteiger partial charge in [0, 0.05) is 23.2 Å². The molecule has 0 saturated carbocycles. The van der Waals surface area contributed by atoms with Crippen LogP contribution in [0.25, 0.3) is 0 Å². The maximum atomic E-state index is 14.6. The van der Waals surface area contributed by atoms with Crippen molar-refractivity contribution in [2.24, 2.45) is 17.8 Å². The number of benzene rings is 1. The Bertz CT molecular complexity index is 1100. The molecule has 2 amide bonds. The Morgan fingerprint density at radius 3 is 2.60 bits per heavy atom. The van der Waals surface area contributed by atoms with Crippen molar-refractivity contribution in [1.82, 2.24) is 9.80 Å². The van der Waals surface area contributed by atoms with E-state index in [2.05, 4.69) is 29.1 Å². The van der Waals surface area contributed by atoms with Crippen LogP contribution in [0, 0.1) is 17.8 Å². The minimum Gasteiger partial charge on any atom is -0.465 e. The largest absolute Gasteiger partial charge is 0.465 e. The number of unbranched alkanes of at least 4 members (excludes halogenated alkanes) is 2. The molecule has 3 saturated heterocycles. The lowest BCUT2D eigenvalue weighted by molar-refractivity contribution is -0.154. The summed E-state index contributed by atoms with van der Waals surface area (Å²) in [6.45, 7) is 12.2. The first-order chi connectivity index (χ1) is 19.2. The summed E-state index contributed by atoms with van der Waals surface area (Å²) in [6.07, 6.45) is 6.59. The third-order valence-corrected chi connectivity index (χ3v) is 11.7. The first-order valence-corrected chi connectivity index (χ1v) is 16.0. The Morgan fingerprint density at radius 2 is 1.98 bits per heavy atom. The highest BCUT2D eigenvalue weighted by Crippen LogP contribution is 2.68. The lowest BCUT2D eigenvalue weighted by atomic mass is 9.71. The van der Waals surface area contributed by atoms with Gasteiger partial charge in [0.25, 0.3) is 0 Å². The lowest BCUT2D eigenvalue weighted by Gasteiger charge is -2.41. The predicted molar refractivity (Wildman–Crippen MR) is 162 cm³/mol. The number of aliphatic hydroxyl groups excluding tert-OH is 1. The fraction of sp³-hybridized carbons (Fsp3) is 0.581. The molecule has 3 aliphatic rings. The van der Waals surface area contributed by atoms with E-state index < -0.39 is 28.7 Å². The number of fused-ring (bicyclic) bond motifs is 1. The number of esters is 1. The van der Waals surface area contributed by atoms with Gasteiger partial charge in [-0.2, -0.15) is 0 Å². The summed E-state index contributed by atoms with van der Waals surface area (Å²) < 4.78 is 4.93. The van der Waals surface area contributed by atoms with Crippen LogP contribution < -0.4 is 0 Å². The molecule has 1 N–H and O–H groups in total. The van der Waals surface area contributed by atoms with Gasteiger partial charge in [0.2, 0.25) is 11.8 Å². The van der Waals surface area contributed by atoms with Crippen LogP contribution in [0.15, 0.2) is 55.6 Å². The van der Waals surface area contributed by atoms with Gasteiger partial charge in [-0.05, 0) is 37.2 Å². The predicted octanol–water partition coefficient (Wildman–Crippen LogP) is 4.58. The number of ether oxygens (including phenoxy) is 1. The monoisotopic (exact) mass is 632 g/mol. The van der Waals surface area contributed by atoms with Gasteiger partial charge < -0.3 is 19.6 Å². The van der Waals surface area contributed by atoms with Gasteiger partial charge in [-0.25, -0.2) is 0 Å². The van der Waals surface area contributed by atoms with Crippen LogP contribution in [0.2, 0.25) is 0 Å². The second-order valence-electron chi connectivity index (χ2n) is 11.3. The van der Waals surface area contributed by atoms with Crippen LogP contribution in [-0.4, -0.2) is 79.4 Å². The summed E-state index contributed by atoms with van der Waals surface area (Å²) >= 11 is 5.39. The van der Waals surface area contributed by atoms with E-state index in [0.717, 1.165) is 24.8 Å². The van der Waals surface area contributed by atoms with Crippen molar-refractivity contribution in [2.75, 3.05) is 19.8 Å². The standard InChI is InChI=1S/C31H41BrN2O5S/c1-5-7-8-12-16-39-30(38)24-25-28(36)34(23(19-35)20(3)4)27(31(25)17-22(32)26(24)40-31)29(37)33(15-6-2)18-21-13-10-9-11-14-21/h5-6,9-11,13-14,20,22-27,35H,1-2,7-8,12,15-19H2,3-4H3/t22?,23-,24+,25-,26+,27?,31?/m0/s1. The fourth-order valence-corrected chi connectivity index (χ4v) is 10.2. The number of hydrogen-bond acceptors (Lipinski definition) is 6. The third-order valence-electron chi connectivity index (χ3n) is 8.47. The molecule has 4 rings (SSSR count). The molecule has 1 aromatic rings. The summed E-state index contributed by atoms with van der Waals surface area (Å²) in [5.41, 5.74) is 0.977. The molecule has 7 nitrogen and oxygen atoms in total. The van der Waals surface area contributed by atoms with Crippen LogP contribution in [0.4, 0.5) is 0 Å². The molecule has 0 aliphatic carbocycles. The molecule has 2 bridgehead atoms.